The first-order valence-electron chi connectivity index (χ1n) is 15.1. The molecule has 0 radical (unpaired) electrons. The average Bonchev–Trinajstić information content (AvgIpc) is 3.05. The van der Waals surface area contributed by atoms with Crippen molar-refractivity contribution < 1.29 is 27.5 Å². The van der Waals surface area contributed by atoms with Crippen LogP contribution in [0.1, 0.15) is 29.2 Å². The normalized spacial score (nSPS) is 11.8. The summed E-state index contributed by atoms with van der Waals surface area (Å²) in [4.78, 5) is 29.8. The van der Waals surface area contributed by atoms with E-state index in [9.17, 15) is 18.0 Å². The summed E-state index contributed by atoms with van der Waals surface area (Å²) in [5, 5.41) is 2.87. The number of ether oxygens (including phenoxy) is 2. The van der Waals surface area contributed by atoms with Crippen LogP contribution in [0.3, 0.4) is 0 Å². The van der Waals surface area contributed by atoms with Crippen LogP contribution >= 0.6 is 0 Å². The summed E-state index contributed by atoms with van der Waals surface area (Å²) in [6, 6.07) is 27.3. The van der Waals surface area contributed by atoms with Crippen molar-refractivity contribution in [2.75, 3.05) is 31.6 Å². The van der Waals surface area contributed by atoms with E-state index < -0.39 is 28.5 Å². The number of nitrogens with one attached hydrogen (secondary N) is 1. The van der Waals surface area contributed by atoms with Crippen LogP contribution in [0.5, 0.6) is 11.5 Å². The van der Waals surface area contributed by atoms with Gasteiger partial charge in [-0.15, -0.1) is 0 Å². The lowest BCUT2D eigenvalue weighted by molar-refractivity contribution is -0.140. The highest BCUT2D eigenvalue weighted by Gasteiger charge is 2.35. The van der Waals surface area contributed by atoms with Crippen molar-refractivity contribution in [3.8, 4) is 11.5 Å². The predicted molar refractivity (Wildman–Crippen MR) is 180 cm³/mol. The SMILES string of the molecule is CCNC(=O)[C@H](Cc1ccccc1)N(Cc1cccc(OC)c1)C(=O)CN(c1cc(C)ccc1OC)S(=O)(=O)c1ccc(C)cc1. The average molecular weight is 644 g/mol. The number of amides is 2. The van der Waals surface area contributed by atoms with Gasteiger partial charge in [0.15, 0.2) is 0 Å². The molecule has 2 amide bonds. The van der Waals surface area contributed by atoms with Gasteiger partial charge < -0.3 is 19.7 Å². The van der Waals surface area contributed by atoms with Crippen LogP contribution in [0.2, 0.25) is 0 Å². The summed E-state index contributed by atoms with van der Waals surface area (Å²) >= 11 is 0. The molecule has 0 saturated heterocycles. The number of sulfonamides is 1. The van der Waals surface area contributed by atoms with Crippen molar-refractivity contribution in [3.63, 3.8) is 0 Å². The minimum absolute atomic E-state index is 0.0263. The number of hydrogen-bond donors (Lipinski definition) is 1. The largest absolute Gasteiger partial charge is 0.497 e. The van der Waals surface area contributed by atoms with E-state index >= 15 is 0 Å². The molecule has 4 rings (SSSR count). The fourth-order valence-corrected chi connectivity index (χ4v) is 6.58. The van der Waals surface area contributed by atoms with Crippen LogP contribution in [0.25, 0.3) is 0 Å². The van der Waals surface area contributed by atoms with E-state index in [0.29, 0.717) is 12.3 Å². The third-order valence-electron chi connectivity index (χ3n) is 7.60. The van der Waals surface area contributed by atoms with Crippen LogP contribution in [0.15, 0.2) is 102 Å². The maximum Gasteiger partial charge on any atom is 0.264 e. The molecule has 9 nitrogen and oxygen atoms in total. The second-order valence-corrected chi connectivity index (χ2v) is 12.8. The van der Waals surface area contributed by atoms with Crippen molar-refractivity contribution in [3.05, 3.63) is 119 Å². The third-order valence-corrected chi connectivity index (χ3v) is 9.37. The summed E-state index contributed by atoms with van der Waals surface area (Å²) in [6.45, 7) is 5.33. The number of likely N-dealkylation sites (N-methyl/N-ethyl adjacent to an activating group) is 1. The van der Waals surface area contributed by atoms with Gasteiger partial charge in [-0.2, -0.15) is 0 Å². The number of carbonyl (C=O) groups is 2. The van der Waals surface area contributed by atoms with E-state index in [1.165, 1.54) is 24.1 Å². The minimum atomic E-state index is -4.26. The molecule has 0 unspecified atom stereocenters. The topological polar surface area (TPSA) is 105 Å². The third kappa shape index (κ3) is 8.25. The first kappa shape index (κ1) is 34.1. The number of methoxy groups -OCH3 is 2. The number of nitrogens with zero attached hydrogens (tertiary/aromatic N) is 2. The highest BCUT2D eigenvalue weighted by Crippen LogP contribution is 2.34. The van der Waals surface area contributed by atoms with Gasteiger partial charge in [-0.05, 0) is 73.9 Å². The quantitative estimate of drug-likeness (QED) is 0.200. The number of hydrogen-bond acceptors (Lipinski definition) is 6. The zero-order chi connectivity index (χ0) is 33.3. The van der Waals surface area contributed by atoms with E-state index in [1.807, 2.05) is 57.2 Å². The van der Waals surface area contributed by atoms with Gasteiger partial charge in [-0.25, -0.2) is 8.42 Å². The van der Waals surface area contributed by atoms with Gasteiger partial charge in [-0.1, -0.05) is 66.2 Å². The molecule has 10 heteroatoms. The molecule has 1 atom stereocenters. The molecule has 4 aromatic rings. The maximum atomic E-state index is 14.6. The van der Waals surface area contributed by atoms with Crippen LogP contribution in [-0.2, 0) is 32.6 Å². The second kappa shape index (κ2) is 15.4. The predicted octanol–water partition coefficient (Wildman–Crippen LogP) is 5.29. The first-order valence-corrected chi connectivity index (χ1v) is 16.5. The van der Waals surface area contributed by atoms with E-state index in [0.717, 1.165) is 26.6 Å². The highest BCUT2D eigenvalue weighted by atomic mass is 32.2. The fraction of sp³-hybridized carbons (Fsp3) is 0.278. The molecule has 0 saturated carbocycles. The molecule has 0 spiro atoms. The molecule has 0 aliphatic heterocycles. The summed E-state index contributed by atoms with van der Waals surface area (Å²) in [5.74, 6) is -0.0217. The molecule has 0 aliphatic carbocycles. The van der Waals surface area contributed by atoms with Crippen molar-refractivity contribution in [2.24, 2.45) is 0 Å². The molecular formula is C36H41N3O6S. The lowest BCUT2D eigenvalue weighted by atomic mass is 10.0. The Bertz CT molecular complexity index is 1740. The summed E-state index contributed by atoms with van der Waals surface area (Å²) in [6.07, 6.45) is 0.223. The van der Waals surface area contributed by atoms with Gasteiger partial charge in [0.05, 0.1) is 24.8 Å². The summed E-state index contributed by atoms with van der Waals surface area (Å²) in [5.41, 5.74) is 3.47. The Kier molecular flexibility index (Phi) is 11.4. The van der Waals surface area contributed by atoms with Crippen molar-refractivity contribution >= 4 is 27.5 Å². The Morgan fingerprint density at radius 1 is 0.804 bits per heavy atom. The van der Waals surface area contributed by atoms with Gasteiger partial charge >= 0.3 is 0 Å². The van der Waals surface area contributed by atoms with Crippen LogP contribution in [0, 0.1) is 13.8 Å². The molecule has 0 aliphatic rings. The Morgan fingerprint density at radius 2 is 1.48 bits per heavy atom. The lowest BCUT2D eigenvalue weighted by Crippen LogP contribution is -2.53. The van der Waals surface area contributed by atoms with E-state index in [-0.39, 0.29) is 35.2 Å². The number of benzene rings is 4. The molecule has 1 N–H and O–H groups in total. The molecule has 0 bridgehead atoms. The monoisotopic (exact) mass is 643 g/mol. The number of carbonyl (C=O) groups excluding carboxylic acids is 2. The van der Waals surface area contributed by atoms with Crippen molar-refractivity contribution in [2.45, 2.75) is 44.7 Å². The zero-order valence-corrected chi connectivity index (χ0v) is 27.7. The number of rotatable bonds is 14. The Balaban J connectivity index is 1.85. The van der Waals surface area contributed by atoms with E-state index in [4.69, 9.17) is 9.47 Å². The van der Waals surface area contributed by atoms with Gasteiger partial charge in [0.1, 0.15) is 24.1 Å². The van der Waals surface area contributed by atoms with Gasteiger partial charge in [-0.3, -0.25) is 13.9 Å². The van der Waals surface area contributed by atoms with Gasteiger partial charge in [0, 0.05) is 19.5 Å². The molecule has 0 fully saturated rings. The van der Waals surface area contributed by atoms with Crippen molar-refractivity contribution in [1.82, 2.24) is 10.2 Å². The Labute approximate surface area is 271 Å². The molecule has 0 aromatic heterocycles. The first-order chi connectivity index (χ1) is 22.1. The van der Waals surface area contributed by atoms with Crippen molar-refractivity contribution in [1.29, 1.82) is 0 Å². The number of anilines is 1. The minimum Gasteiger partial charge on any atom is -0.497 e. The molecule has 242 valence electrons. The van der Waals surface area contributed by atoms with E-state index in [2.05, 4.69) is 5.32 Å². The number of aryl methyl sites for hydroxylation is 2. The van der Waals surface area contributed by atoms with Gasteiger partial charge in [0.2, 0.25) is 11.8 Å². The zero-order valence-electron chi connectivity index (χ0n) is 26.9. The Morgan fingerprint density at radius 3 is 2.13 bits per heavy atom. The van der Waals surface area contributed by atoms with Crippen LogP contribution in [0.4, 0.5) is 5.69 Å². The highest BCUT2D eigenvalue weighted by molar-refractivity contribution is 7.92. The lowest BCUT2D eigenvalue weighted by Gasteiger charge is -2.34. The van der Waals surface area contributed by atoms with Gasteiger partial charge in [0.25, 0.3) is 10.0 Å². The summed E-state index contributed by atoms with van der Waals surface area (Å²) < 4.78 is 40.7. The Hall–Kier alpha value is -4.83. The fourth-order valence-electron chi connectivity index (χ4n) is 5.16. The smallest absolute Gasteiger partial charge is 0.264 e. The standard InChI is InChI=1S/C36H41N3O6S/c1-6-37-36(41)33(23-28-11-8-7-9-12-28)38(24-29-13-10-14-30(22-29)44-4)35(40)25-39(32-21-27(3)17-20-34(32)45-5)46(42,43)31-18-15-26(2)16-19-31/h7-22,33H,6,23-25H2,1-5H3,(H,37,41)/t33-/m0/s1. The van der Waals surface area contributed by atoms with E-state index in [1.54, 1.807) is 55.6 Å². The molecule has 0 heterocycles. The molecule has 4 aromatic carbocycles. The molecular weight excluding hydrogens is 602 g/mol. The van der Waals surface area contributed by atoms with Crippen LogP contribution < -0.4 is 19.1 Å². The molecule has 46 heavy (non-hydrogen) atoms. The maximum absolute atomic E-state index is 14.6. The van der Waals surface area contributed by atoms with Crippen LogP contribution in [-0.4, -0.2) is 58.5 Å². The summed E-state index contributed by atoms with van der Waals surface area (Å²) in [7, 11) is -1.26. The second-order valence-electron chi connectivity index (χ2n) is 11.0.